The van der Waals surface area contributed by atoms with Gasteiger partial charge in [-0.15, -0.1) is 11.3 Å². The molecular weight excluding hydrogens is 286 g/mol. The minimum atomic E-state index is -0.450. The minimum absolute atomic E-state index is 0.215. The first-order valence-electron chi connectivity index (χ1n) is 6.88. The van der Waals surface area contributed by atoms with Gasteiger partial charge in [0.15, 0.2) is 0 Å². The van der Waals surface area contributed by atoms with Gasteiger partial charge in [0.2, 0.25) is 11.7 Å². The van der Waals surface area contributed by atoms with Crippen LogP contribution in [0.3, 0.4) is 0 Å². The predicted octanol–water partition coefficient (Wildman–Crippen LogP) is 4.30. The summed E-state index contributed by atoms with van der Waals surface area (Å²) in [5.41, 5.74) is 0.640. The van der Waals surface area contributed by atoms with Gasteiger partial charge in [0, 0.05) is 4.70 Å². The average molecular weight is 301 g/mol. The quantitative estimate of drug-likeness (QED) is 0.674. The summed E-state index contributed by atoms with van der Waals surface area (Å²) in [5.74, 6) is 0.247. The van der Waals surface area contributed by atoms with Crippen LogP contribution in [-0.2, 0) is 11.2 Å². The third kappa shape index (κ3) is 2.56. The summed E-state index contributed by atoms with van der Waals surface area (Å²) in [7, 11) is 0. The van der Waals surface area contributed by atoms with Crippen molar-refractivity contribution in [1.82, 2.24) is 4.98 Å². The Kier molecular flexibility index (Phi) is 3.75. The van der Waals surface area contributed by atoms with E-state index in [1.54, 1.807) is 18.3 Å². The number of carbonyl (C=O) groups excluding carboxylic acids is 1. The number of aryl methyl sites for hydroxylation is 1. The van der Waals surface area contributed by atoms with E-state index in [0.29, 0.717) is 24.6 Å². The molecule has 2 aromatic heterocycles. The number of carbonyl (C=O) groups is 1. The second-order valence-electron chi connectivity index (χ2n) is 4.52. The number of thiophene rings is 1. The zero-order valence-electron chi connectivity index (χ0n) is 11.9. The normalized spacial score (nSPS) is 11.0. The molecule has 21 heavy (non-hydrogen) atoms. The fourth-order valence-electron chi connectivity index (χ4n) is 2.14. The number of aromatic nitrogens is 1. The lowest BCUT2D eigenvalue weighted by molar-refractivity contribution is 0.0489. The van der Waals surface area contributed by atoms with Gasteiger partial charge in [-0.05, 0) is 30.9 Å². The molecule has 0 N–H and O–H groups in total. The number of rotatable bonds is 4. The molecule has 0 aliphatic rings. The Hall–Kier alpha value is -2.14. The molecule has 0 saturated carbocycles. The van der Waals surface area contributed by atoms with Crippen LogP contribution in [0.4, 0.5) is 0 Å². The molecule has 0 saturated heterocycles. The molecule has 0 unspecified atom stereocenters. The van der Waals surface area contributed by atoms with Crippen LogP contribution < -0.4 is 0 Å². The minimum Gasteiger partial charge on any atom is -0.460 e. The summed E-state index contributed by atoms with van der Waals surface area (Å²) in [6.45, 7) is 4.03. The van der Waals surface area contributed by atoms with Crippen LogP contribution in [0.2, 0.25) is 0 Å². The number of benzene rings is 1. The molecule has 3 aromatic rings. The highest BCUT2D eigenvalue weighted by Crippen LogP contribution is 2.34. The molecule has 0 spiro atoms. The van der Waals surface area contributed by atoms with E-state index < -0.39 is 5.97 Å². The molecule has 108 valence electrons. The summed E-state index contributed by atoms with van der Waals surface area (Å²) < 4.78 is 11.8. The molecule has 3 rings (SSSR count). The van der Waals surface area contributed by atoms with Gasteiger partial charge in [-0.2, -0.15) is 0 Å². The number of oxazole rings is 1. The maximum absolute atomic E-state index is 11.9. The van der Waals surface area contributed by atoms with Gasteiger partial charge in [0.1, 0.15) is 0 Å². The van der Waals surface area contributed by atoms with Gasteiger partial charge >= 0.3 is 5.97 Å². The molecule has 0 aliphatic heterocycles. The lowest BCUT2D eigenvalue weighted by Gasteiger charge is -1.98. The standard InChI is InChI=1S/C16H15NO3S/c1-3-11-14(16(18)19-4-2)20-15(17-11)13-9-10-7-5-6-8-12(10)21-13/h5-9H,3-4H2,1-2H3. The zero-order chi connectivity index (χ0) is 14.8. The van der Waals surface area contributed by atoms with Gasteiger partial charge in [-0.1, -0.05) is 25.1 Å². The molecule has 1 aromatic carbocycles. The van der Waals surface area contributed by atoms with Crippen molar-refractivity contribution >= 4 is 27.4 Å². The van der Waals surface area contributed by atoms with Crippen molar-refractivity contribution < 1.29 is 13.9 Å². The third-order valence-electron chi connectivity index (χ3n) is 3.13. The SMILES string of the molecule is CCOC(=O)c1oc(-c2cc3ccccc3s2)nc1CC. The van der Waals surface area contributed by atoms with Crippen molar-refractivity contribution in [3.8, 4) is 10.8 Å². The van der Waals surface area contributed by atoms with Gasteiger partial charge < -0.3 is 9.15 Å². The monoisotopic (exact) mass is 301 g/mol. The fourth-order valence-corrected chi connectivity index (χ4v) is 3.13. The van der Waals surface area contributed by atoms with E-state index in [1.807, 2.05) is 31.2 Å². The molecule has 0 atom stereocenters. The van der Waals surface area contributed by atoms with Gasteiger partial charge in [0.05, 0.1) is 17.2 Å². The molecule has 5 heteroatoms. The van der Waals surface area contributed by atoms with Gasteiger partial charge in [0.25, 0.3) is 0 Å². The number of fused-ring (bicyclic) bond motifs is 1. The molecule has 2 heterocycles. The average Bonchev–Trinajstić information content (AvgIpc) is 3.11. The van der Waals surface area contributed by atoms with Crippen LogP contribution >= 0.6 is 11.3 Å². The first kappa shape index (κ1) is 13.8. The van der Waals surface area contributed by atoms with Crippen molar-refractivity contribution in [1.29, 1.82) is 0 Å². The van der Waals surface area contributed by atoms with Crippen LogP contribution in [0.15, 0.2) is 34.7 Å². The van der Waals surface area contributed by atoms with E-state index in [-0.39, 0.29) is 5.76 Å². The van der Waals surface area contributed by atoms with Crippen molar-refractivity contribution in [3.05, 3.63) is 41.8 Å². The van der Waals surface area contributed by atoms with Crippen LogP contribution in [-0.4, -0.2) is 17.6 Å². The highest BCUT2D eigenvalue weighted by molar-refractivity contribution is 7.22. The molecule has 0 radical (unpaired) electrons. The van der Waals surface area contributed by atoms with Crippen molar-refractivity contribution in [2.24, 2.45) is 0 Å². The Bertz CT molecular complexity index is 755. The Morgan fingerprint density at radius 2 is 2.14 bits per heavy atom. The number of nitrogens with zero attached hydrogens (tertiary/aromatic N) is 1. The Morgan fingerprint density at radius 3 is 2.86 bits per heavy atom. The highest BCUT2D eigenvalue weighted by Gasteiger charge is 2.21. The molecule has 0 bridgehead atoms. The van der Waals surface area contributed by atoms with E-state index >= 15 is 0 Å². The van der Waals surface area contributed by atoms with Crippen LogP contribution in [0.25, 0.3) is 20.9 Å². The zero-order valence-corrected chi connectivity index (χ0v) is 12.7. The number of esters is 1. The Morgan fingerprint density at radius 1 is 1.33 bits per heavy atom. The largest absolute Gasteiger partial charge is 0.460 e. The van der Waals surface area contributed by atoms with Crippen molar-refractivity contribution in [2.45, 2.75) is 20.3 Å². The molecule has 0 aliphatic carbocycles. The van der Waals surface area contributed by atoms with Crippen LogP contribution in [0.5, 0.6) is 0 Å². The summed E-state index contributed by atoms with van der Waals surface area (Å²) in [6, 6.07) is 10.1. The second kappa shape index (κ2) is 5.69. The van der Waals surface area contributed by atoms with E-state index in [2.05, 4.69) is 11.1 Å². The molecule has 4 nitrogen and oxygen atoms in total. The van der Waals surface area contributed by atoms with E-state index in [1.165, 1.54) is 4.70 Å². The predicted molar refractivity (Wildman–Crippen MR) is 82.7 cm³/mol. The smallest absolute Gasteiger partial charge is 0.376 e. The number of ether oxygens (including phenoxy) is 1. The topological polar surface area (TPSA) is 52.3 Å². The highest BCUT2D eigenvalue weighted by atomic mass is 32.1. The number of hydrogen-bond acceptors (Lipinski definition) is 5. The Labute approximate surface area is 126 Å². The van der Waals surface area contributed by atoms with Crippen molar-refractivity contribution in [3.63, 3.8) is 0 Å². The summed E-state index contributed by atoms with van der Waals surface area (Å²) >= 11 is 1.60. The Balaban J connectivity index is 2.04. The summed E-state index contributed by atoms with van der Waals surface area (Å²) in [6.07, 6.45) is 0.628. The first-order valence-corrected chi connectivity index (χ1v) is 7.70. The van der Waals surface area contributed by atoms with Gasteiger partial charge in [-0.25, -0.2) is 9.78 Å². The van der Waals surface area contributed by atoms with Crippen molar-refractivity contribution in [2.75, 3.05) is 6.61 Å². The maximum atomic E-state index is 11.9. The third-order valence-corrected chi connectivity index (χ3v) is 4.23. The lowest BCUT2D eigenvalue weighted by atomic mass is 10.2. The second-order valence-corrected chi connectivity index (χ2v) is 5.60. The maximum Gasteiger partial charge on any atom is 0.376 e. The molecule has 0 amide bonds. The van der Waals surface area contributed by atoms with Gasteiger partial charge in [-0.3, -0.25) is 0 Å². The van der Waals surface area contributed by atoms with Crippen LogP contribution in [0, 0.1) is 0 Å². The molecular formula is C16H15NO3S. The van der Waals surface area contributed by atoms with E-state index in [4.69, 9.17) is 9.15 Å². The van der Waals surface area contributed by atoms with E-state index in [9.17, 15) is 4.79 Å². The summed E-state index contributed by atoms with van der Waals surface area (Å²) in [4.78, 5) is 17.2. The fraction of sp³-hybridized carbons (Fsp3) is 0.250. The van der Waals surface area contributed by atoms with E-state index in [0.717, 1.165) is 10.3 Å². The lowest BCUT2D eigenvalue weighted by Crippen LogP contribution is -2.05. The summed E-state index contributed by atoms with van der Waals surface area (Å²) in [5, 5.41) is 1.14. The molecule has 0 fully saturated rings. The van der Waals surface area contributed by atoms with Crippen LogP contribution in [0.1, 0.15) is 30.1 Å². The number of hydrogen-bond donors (Lipinski definition) is 0. The first-order chi connectivity index (χ1) is 10.2.